The lowest BCUT2D eigenvalue weighted by Crippen LogP contribution is -2.27. The standard InChI is InChI=1S/C10H13Cl2F2N3O/c1-2-15-9-5(11)3-6(12)10(17-9)16-4-7(18)8(13)14/h3,7-8,18H,2,4H2,1H3,(H2,15,16,17). The molecule has 1 atom stereocenters. The second-order valence-electron chi connectivity index (χ2n) is 3.46. The molecular formula is C10H13Cl2F2N3O. The third-order valence-corrected chi connectivity index (χ3v) is 2.62. The summed E-state index contributed by atoms with van der Waals surface area (Å²) >= 11 is 11.7. The number of halogens is 4. The second kappa shape index (κ2) is 6.92. The van der Waals surface area contributed by atoms with Crippen LogP contribution in [0.4, 0.5) is 20.4 Å². The summed E-state index contributed by atoms with van der Waals surface area (Å²) < 4.78 is 24.2. The van der Waals surface area contributed by atoms with Gasteiger partial charge < -0.3 is 15.7 Å². The van der Waals surface area contributed by atoms with Crippen molar-refractivity contribution in [3.8, 4) is 0 Å². The number of aliphatic hydroxyl groups excluding tert-OH is 1. The summed E-state index contributed by atoms with van der Waals surface area (Å²) in [5.74, 6) is 0.592. The van der Waals surface area contributed by atoms with Gasteiger partial charge >= 0.3 is 0 Å². The molecule has 0 aliphatic heterocycles. The minimum Gasteiger partial charge on any atom is -0.385 e. The van der Waals surface area contributed by atoms with Gasteiger partial charge in [-0.3, -0.25) is 0 Å². The third kappa shape index (κ3) is 4.12. The Kier molecular flexibility index (Phi) is 5.84. The molecule has 3 N–H and O–H groups in total. The first-order valence-electron chi connectivity index (χ1n) is 5.25. The van der Waals surface area contributed by atoms with Crippen molar-refractivity contribution >= 4 is 34.8 Å². The molecule has 0 bridgehead atoms. The van der Waals surface area contributed by atoms with Gasteiger partial charge in [-0.25, -0.2) is 13.8 Å². The maximum absolute atomic E-state index is 12.1. The minimum absolute atomic E-state index is 0.191. The highest BCUT2D eigenvalue weighted by Gasteiger charge is 2.17. The molecule has 18 heavy (non-hydrogen) atoms. The number of aromatic nitrogens is 1. The van der Waals surface area contributed by atoms with Crippen molar-refractivity contribution in [3.05, 3.63) is 16.1 Å². The summed E-state index contributed by atoms with van der Waals surface area (Å²) in [4.78, 5) is 4.05. The Bertz CT molecular complexity index is 407. The van der Waals surface area contributed by atoms with Crippen LogP contribution in [-0.2, 0) is 0 Å². The van der Waals surface area contributed by atoms with Gasteiger partial charge in [0.05, 0.1) is 10.0 Å². The molecule has 0 fully saturated rings. The first-order valence-corrected chi connectivity index (χ1v) is 6.01. The molecule has 0 aliphatic carbocycles. The van der Waals surface area contributed by atoms with Crippen LogP contribution in [0.1, 0.15) is 6.92 Å². The predicted octanol–water partition coefficient (Wildman–Crippen LogP) is 2.86. The zero-order chi connectivity index (χ0) is 13.7. The normalized spacial score (nSPS) is 12.6. The highest BCUT2D eigenvalue weighted by Crippen LogP contribution is 2.29. The Hall–Kier alpha value is -0.850. The molecule has 1 unspecified atom stereocenters. The van der Waals surface area contributed by atoms with Crippen LogP contribution in [-0.4, -0.2) is 35.7 Å². The van der Waals surface area contributed by atoms with Crippen LogP contribution < -0.4 is 10.6 Å². The third-order valence-electron chi connectivity index (χ3n) is 2.04. The lowest BCUT2D eigenvalue weighted by molar-refractivity contribution is 0.00381. The van der Waals surface area contributed by atoms with Gasteiger partial charge in [0.1, 0.15) is 17.7 Å². The Morgan fingerprint density at radius 2 is 1.83 bits per heavy atom. The number of aliphatic hydroxyl groups is 1. The van der Waals surface area contributed by atoms with E-state index in [1.165, 1.54) is 6.07 Å². The molecule has 0 spiro atoms. The van der Waals surface area contributed by atoms with E-state index in [1.54, 1.807) is 0 Å². The summed E-state index contributed by atoms with van der Waals surface area (Å²) in [6.07, 6.45) is -4.60. The van der Waals surface area contributed by atoms with Gasteiger partial charge in [0.2, 0.25) is 0 Å². The fourth-order valence-corrected chi connectivity index (χ4v) is 1.66. The maximum Gasteiger partial charge on any atom is 0.265 e. The van der Waals surface area contributed by atoms with E-state index in [-0.39, 0.29) is 17.4 Å². The van der Waals surface area contributed by atoms with E-state index >= 15 is 0 Å². The quantitative estimate of drug-likeness (QED) is 0.756. The zero-order valence-electron chi connectivity index (χ0n) is 9.55. The molecule has 0 radical (unpaired) electrons. The second-order valence-corrected chi connectivity index (χ2v) is 4.28. The number of hydrogen-bond acceptors (Lipinski definition) is 4. The average Bonchev–Trinajstić information content (AvgIpc) is 2.30. The number of hydrogen-bond donors (Lipinski definition) is 3. The summed E-state index contributed by atoms with van der Waals surface area (Å²) in [6.45, 7) is 2.12. The van der Waals surface area contributed by atoms with E-state index in [4.69, 9.17) is 28.3 Å². The molecule has 0 amide bonds. The molecular weight excluding hydrogens is 287 g/mol. The Balaban J connectivity index is 2.78. The molecule has 0 aromatic carbocycles. The van der Waals surface area contributed by atoms with Crippen molar-refractivity contribution in [3.63, 3.8) is 0 Å². The fraction of sp³-hybridized carbons (Fsp3) is 0.500. The SMILES string of the molecule is CCNc1nc(NCC(O)C(F)F)c(Cl)cc1Cl. The Morgan fingerprint density at radius 1 is 1.28 bits per heavy atom. The van der Waals surface area contributed by atoms with Gasteiger partial charge in [-0.05, 0) is 13.0 Å². The molecule has 0 aliphatic rings. The van der Waals surface area contributed by atoms with Gasteiger partial charge in [0, 0.05) is 13.1 Å². The molecule has 1 aromatic rings. The number of pyridine rings is 1. The van der Waals surface area contributed by atoms with Crippen LogP contribution in [0.3, 0.4) is 0 Å². The van der Waals surface area contributed by atoms with Crippen LogP contribution in [0.5, 0.6) is 0 Å². The van der Waals surface area contributed by atoms with E-state index < -0.39 is 12.5 Å². The summed E-state index contributed by atoms with van der Waals surface area (Å²) in [5.41, 5.74) is 0. The Morgan fingerprint density at radius 3 is 2.33 bits per heavy atom. The summed E-state index contributed by atoms with van der Waals surface area (Å²) in [7, 11) is 0. The summed E-state index contributed by atoms with van der Waals surface area (Å²) in [5, 5.41) is 15.0. The van der Waals surface area contributed by atoms with Crippen molar-refractivity contribution in [1.82, 2.24) is 4.98 Å². The lowest BCUT2D eigenvalue weighted by Gasteiger charge is -2.14. The van der Waals surface area contributed by atoms with Crippen molar-refractivity contribution < 1.29 is 13.9 Å². The van der Waals surface area contributed by atoms with Gasteiger partial charge in [0.15, 0.2) is 0 Å². The van der Waals surface area contributed by atoms with Gasteiger partial charge in [-0.1, -0.05) is 23.2 Å². The molecule has 4 nitrogen and oxygen atoms in total. The van der Waals surface area contributed by atoms with Crippen LogP contribution in [0.2, 0.25) is 10.0 Å². The van der Waals surface area contributed by atoms with E-state index in [9.17, 15) is 8.78 Å². The summed E-state index contributed by atoms with van der Waals surface area (Å²) in [6, 6.07) is 1.45. The predicted molar refractivity (Wildman–Crippen MR) is 68.9 cm³/mol. The maximum atomic E-state index is 12.1. The van der Waals surface area contributed by atoms with Crippen LogP contribution in [0, 0.1) is 0 Å². The number of nitrogens with one attached hydrogen (secondary N) is 2. The Labute approximate surface area is 113 Å². The molecule has 1 aromatic heterocycles. The topological polar surface area (TPSA) is 57.2 Å². The number of rotatable bonds is 6. The van der Waals surface area contributed by atoms with Crippen LogP contribution in [0.25, 0.3) is 0 Å². The average molecular weight is 300 g/mol. The van der Waals surface area contributed by atoms with Crippen molar-refractivity contribution in [1.29, 1.82) is 0 Å². The number of nitrogens with zero attached hydrogens (tertiary/aromatic N) is 1. The molecule has 1 heterocycles. The van der Waals surface area contributed by atoms with Crippen molar-refractivity contribution in [2.45, 2.75) is 19.5 Å². The smallest absolute Gasteiger partial charge is 0.265 e. The largest absolute Gasteiger partial charge is 0.385 e. The van der Waals surface area contributed by atoms with Crippen LogP contribution in [0.15, 0.2) is 6.07 Å². The first kappa shape index (κ1) is 15.2. The molecule has 0 saturated heterocycles. The zero-order valence-corrected chi connectivity index (χ0v) is 11.1. The first-order chi connectivity index (χ1) is 8.45. The molecule has 8 heteroatoms. The number of anilines is 2. The van der Waals surface area contributed by atoms with Crippen molar-refractivity contribution in [2.24, 2.45) is 0 Å². The minimum atomic E-state index is -2.82. The molecule has 102 valence electrons. The van der Waals surface area contributed by atoms with Gasteiger partial charge in [-0.15, -0.1) is 0 Å². The van der Waals surface area contributed by atoms with E-state index in [2.05, 4.69) is 15.6 Å². The van der Waals surface area contributed by atoms with Gasteiger partial charge in [0.25, 0.3) is 6.43 Å². The fourth-order valence-electron chi connectivity index (χ4n) is 1.17. The molecule has 1 rings (SSSR count). The van der Waals surface area contributed by atoms with Gasteiger partial charge in [-0.2, -0.15) is 0 Å². The van der Waals surface area contributed by atoms with E-state index in [0.29, 0.717) is 17.4 Å². The van der Waals surface area contributed by atoms with Crippen molar-refractivity contribution in [2.75, 3.05) is 23.7 Å². The number of alkyl halides is 2. The molecule has 0 saturated carbocycles. The lowest BCUT2D eigenvalue weighted by atomic mass is 10.3. The van der Waals surface area contributed by atoms with E-state index in [0.717, 1.165) is 0 Å². The highest BCUT2D eigenvalue weighted by atomic mass is 35.5. The monoisotopic (exact) mass is 299 g/mol. The van der Waals surface area contributed by atoms with Crippen LogP contribution >= 0.6 is 23.2 Å². The highest BCUT2D eigenvalue weighted by molar-refractivity contribution is 6.37. The van der Waals surface area contributed by atoms with E-state index in [1.807, 2.05) is 6.92 Å².